The van der Waals surface area contributed by atoms with Crippen LogP contribution in [0.3, 0.4) is 0 Å². The maximum absolute atomic E-state index is 13.2. The third-order valence-electron chi connectivity index (χ3n) is 3.79. The highest BCUT2D eigenvalue weighted by Gasteiger charge is 2.17. The fourth-order valence-electron chi connectivity index (χ4n) is 2.50. The molecule has 0 radical (unpaired) electrons. The summed E-state index contributed by atoms with van der Waals surface area (Å²) in [5.74, 6) is 1.37. The van der Waals surface area contributed by atoms with E-state index in [0.717, 1.165) is 38.5 Å². The fourth-order valence-corrected chi connectivity index (χ4v) is 2.50. The molecule has 1 saturated heterocycles. The fraction of sp³-hybridized carbons (Fsp3) is 0.375. The van der Waals surface area contributed by atoms with Gasteiger partial charge in [-0.2, -0.15) is 0 Å². The molecule has 1 fully saturated rings. The second-order valence-corrected chi connectivity index (χ2v) is 5.20. The van der Waals surface area contributed by atoms with Gasteiger partial charge in [-0.05, 0) is 18.7 Å². The number of hydrogen-bond acceptors (Lipinski definition) is 5. The molecule has 0 amide bonds. The Hall–Kier alpha value is -2.21. The van der Waals surface area contributed by atoms with Crippen LogP contribution < -0.4 is 9.64 Å². The molecule has 1 aliphatic heterocycles. The topological polar surface area (TPSA) is 41.5 Å². The zero-order valence-electron chi connectivity index (χ0n) is 12.6. The van der Waals surface area contributed by atoms with Gasteiger partial charge in [0.25, 0.3) is 0 Å². The summed E-state index contributed by atoms with van der Waals surface area (Å²) in [6.07, 6.45) is 1.48. The molecule has 0 unspecified atom stereocenters. The van der Waals surface area contributed by atoms with Crippen LogP contribution in [0.1, 0.15) is 6.92 Å². The van der Waals surface area contributed by atoms with Crippen LogP contribution in [0.2, 0.25) is 0 Å². The summed E-state index contributed by atoms with van der Waals surface area (Å²) >= 11 is 0. The van der Waals surface area contributed by atoms with Gasteiger partial charge in [0, 0.05) is 38.3 Å². The SMILES string of the molecule is CCN1CCN(c2cc(Oc3cccc(F)c3)ncn2)CC1. The molecular formula is C16H19FN4O. The van der Waals surface area contributed by atoms with Crippen molar-refractivity contribution in [3.8, 4) is 11.6 Å². The summed E-state index contributed by atoms with van der Waals surface area (Å²) in [5, 5.41) is 0. The van der Waals surface area contributed by atoms with Crippen molar-refractivity contribution in [3.63, 3.8) is 0 Å². The molecular weight excluding hydrogens is 283 g/mol. The lowest BCUT2D eigenvalue weighted by molar-refractivity contribution is 0.270. The first kappa shape index (κ1) is 14.7. The second-order valence-electron chi connectivity index (χ2n) is 5.20. The van der Waals surface area contributed by atoms with Gasteiger partial charge in [0.15, 0.2) is 0 Å². The van der Waals surface area contributed by atoms with Crippen molar-refractivity contribution in [3.05, 3.63) is 42.5 Å². The van der Waals surface area contributed by atoms with Gasteiger partial charge in [-0.3, -0.25) is 0 Å². The van der Waals surface area contributed by atoms with E-state index in [2.05, 4.69) is 26.7 Å². The molecule has 6 heteroatoms. The van der Waals surface area contributed by atoms with E-state index in [4.69, 9.17) is 4.74 Å². The van der Waals surface area contributed by atoms with Crippen molar-refractivity contribution in [2.24, 2.45) is 0 Å². The first-order valence-corrected chi connectivity index (χ1v) is 7.47. The lowest BCUT2D eigenvalue weighted by Crippen LogP contribution is -2.46. The molecule has 0 N–H and O–H groups in total. The number of piperazine rings is 1. The van der Waals surface area contributed by atoms with Gasteiger partial charge in [0.2, 0.25) is 5.88 Å². The number of ether oxygens (including phenoxy) is 1. The van der Waals surface area contributed by atoms with Crippen LogP contribution in [0.5, 0.6) is 11.6 Å². The van der Waals surface area contributed by atoms with Gasteiger partial charge in [0.05, 0.1) is 0 Å². The minimum Gasteiger partial charge on any atom is -0.439 e. The van der Waals surface area contributed by atoms with E-state index in [-0.39, 0.29) is 5.82 Å². The number of aromatic nitrogens is 2. The summed E-state index contributed by atoms with van der Waals surface area (Å²) < 4.78 is 18.8. The molecule has 3 rings (SSSR count). The van der Waals surface area contributed by atoms with Gasteiger partial charge in [-0.1, -0.05) is 13.0 Å². The van der Waals surface area contributed by atoms with Gasteiger partial charge >= 0.3 is 0 Å². The average molecular weight is 302 g/mol. The Morgan fingerprint density at radius 3 is 2.68 bits per heavy atom. The smallest absolute Gasteiger partial charge is 0.224 e. The Kier molecular flexibility index (Phi) is 4.48. The van der Waals surface area contributed by atoms with Crippen molar-refractivity contribution < 1.29 is 9.13 Å². The third kappa shape index (κ3) is 3.51. The molecule has 0 atom stereocenters. The predicted molar refractivity (Wildman–Crippen MR) is 82.8 cm³/mol. The third-order valence-corrected chi connectivity index (χ3v) is 3.79. The van der Waals surface area contributed by atoms with Crippen LogP contribution in [0, 0.1) is 5.82 Å². The Balaban J connectivity index is 1.70. The maximum atomic E-state index is 13.2. The Morgan fingerprint density at radius 2 is 1.95 bits per heavy atom. The molecule has 22 heavy (non-hydrogen) atoms. The van der Waals surface area contributed by atoms with Crippen LogP contribution in [-0.2, 0) is 0 Å². The summed E-state index contributed by atoms with van der Waals surface area (Å²) in [6, 6.07) is 7.82. The summed E-state index contributed by atoms with van der Waals surface area (Å²) in [6.45, 7) is 7.17. The van der Waals surface area contributed by atoms with Crippen molar-refractivity contribution in [1.29, 1.82) is 0 Å². The van der Waals surface area contributed by atoms with Crippen molar-refractivity contribution >= 4 is 5.82 Å². The summed E-state index contributed by atoms with van der Waals surface area (Å²) in [4.78, 5) is 13.0. The molecule has 0 aliphatic carbocycles. The molecule has 1 aliphatic rings. The van der Waals surface area contributed by atoms with Gasteiger partial charge in [0.1, 0.15) is 23.7 Å². The number of rotatable bonds is 4. The van der Waals surface area contributed by atoms with E-state index in [9.17, 15) is 4.39 Å². The quantitative estimate of drug-likeness (QED) is 0.868. The molecule has 0 saturated carbocycles. The van der Waals surface area contributed by atoms with E-state index < -0.39 is 0 Å². The average Bonchev–Trinajstić information content (AvgIpc) is 2.55. The van der Waals surface area contributed by atoms with E-state index >= 15 is 0 Å². The van der Waals surface area contributed by atoms with Crippen molar-refractivity contribution in [2.75, 3.05) is 37.6 Å². The summed E-state index contributed by atoms with van der Waals surface area (Å²) in [7, 11) is 0. The molecule has 0 bridgehead atoms. The molecule has 116 valence electrons. The Labute approximate surface area is 129 Å². The maximum Gasteiger partial charge on any atom is 0.224 e. The first-order valence-electron chi connectivity index (χ1n) is 7.47. The van der Waals surface area contributed by atoms with Crippen molar-refractivity contribution in [2.45, 2.75) is 6.92 Å². The second kappa shape index (κ2) is 6.70. The highest BCUT2D eigenvalue weighted by atomic mass is 19.1. The van der Waals surface area contributed by atoms with Crippen molar-refractivity contribution in [1.82, 2.24) is 14.9 Å². The van der Waals surface area contributed by atoms with Crippen LogP contribution in [0.4, 0.5) is 10.2 Å². The molecule has 5 nitrogen and oxygen atoms in total. The largest absolute Gasteiger partial charge is 0.439 e. The van der Waals surface area contributed by atoms with Crippen LogP contribution >= 0.6 is 0 Å². The zero-order chi connectivity index (χ0) is 15.4. The number of nitrogens with zero attached hydrogens (tertiary/aromatic N) is 4. The highest BCUT2D eigenvalue weighted by Crippen LogP contribution is 2.23. The number of anilines is 1. The van der Waals surface area contributed by atoms with Crippen LogP contribution in [0.15, 0.2) is 36.7 Å². The van der Waals surface area contributed by atoms with Crippen LogP contribution in [0.25, 0.3) is 0 Å². The number of benzene rings is 1. The Bertz CT molecular complexity index is 629. The van der Waals surface area contributed by atoms with E-state index in [1.165, 1.54) is 18.5 Å². The lowest BCUT2D eigenvalue weighted by Gasteiger charge is -2.34. The lowest BCUT2D eigenvalue weighted by atomic mass is 10.3. The molecule has 2 heterocycles. The summed E-state index contributed by atoms with van der Waals surface area (Å²) in [5.41, 5.74) is 0. The molecule has 1 aromatic carbocycles. The molecule has 1 aromatic heterocycles. The number of likely N-dealkylation sites (N-methyl/N-ethyl adjacent to an activating group) is 1. The standard InChI is InChI=1S/C16H19FN4O/c1-2-20-6-8-21(9-7-20)15-11-16(19-12-18-15)22-14-5-3-4-13(17)10-14/h3-5,10-12H,2,6-9H2,1H3. The first-order chi connectivity index (χ1) is 10.7. The predicted octanol–water partition coefficient (Wildman–Crippen LogP) is 2.55. The van der Waals surface area contributed by atoms with Gasteiger partial charge < -0.3 is 14.5 Å². The van der Waals surface area contributed by atoms with E-state index in [1.54, 1.807) is 18.2 Å². The van der Waals surface area contributed by atoms with Gasteiger partial charge in [-0.15, -0.1) is 0 Å². The molecule has 2 aromatic rings. The number of hydrogen-bond donors (Lipinski definition) is 0. The minimum atomic E-state index is -0.331. The zero-order valence-corrected chi connectivity index (χ0v) is 12.6. The molecule has 0 spiro atoms. The van der Waals surface area contributed by atoms with E-state index in [0.29, 0.717) is 11.6 Å². The Morgan fingerprint density at radius 1 is 1.14 bits per heavy atom. The monoisotopic (exact) mass is 302 g/mol. The minimum absolute atomic E-state index is 0.331. The van der Waals surface area contributed by atoms with E-state index in [1.807, 2.05) is 0 Å². The van der Waals surface area contributed by atoms with Crippen LogP contribution in [-0.4, -0.2) is 47.6 Å². The highest BCUT2D eigenvalue weighted by molar-refractivity contribution is 5.42. The number of halogens is 1. The van der Waals surface area contributed by atoms with Gasteiger partial charge in [-0.25, -0.2) is 14.4 Å². The normalized spacial score (nSPS) is 15.8.